The van der Waals surface area contributed by atoms with Gasteiger partial charge in [-0.25, -0.2) is 0 Å². The van der Waals surface area contributed by atoms with Crippen molar-refractivity contribution in [2.24, 2.45) is 0 Å². The fraction of sp³-hybridized carbons (Fsp3) is 0.385. The molecule has 1 heterocycles. The van der Waals surface area contributed by atoms with Crippen LogP contribution in [-0.2, 0) is 9.59 Å². The molecule has 1 aliphatic rings. The number of benzene rings is 1. The topological polar surface area (TPSA) is 46.6 Å². The third-order valence-electron chi connectivity index (χ3n) is 3.00. The highest BCUT2D eigenvalue weighted by atomic mass is 79.9. The molecule has 1 aliphatic heterocycles. The SMILES string of the molecule is O=C1CCN(C(=O)COc2cc(Cl)c(Br)cc2Cl)CC1. The predicted octanol–water partition coefficient (Wildman–Crippen LogP) is 3.33. The van der Waals surface area contributed by atoms with E-state index in [0.29, 0.717) is 46.2 Å². The van der Waals surface area contributed by atoms with Crippen LogP contribution in [0.25, 0.3) is 0 Å². The Balaban J connectivity index is 1.93. The maximum absolute atomic E-state index is 11.9. The summed E-state index contributed by atoms with van der Waals surface area (Å²) in [4.78, 5) is 24.7. The average molecular weight is 381 g/mol. The first kappa shape index (κ1) is 15.6. The van der Waals surface area contributed by atoms with Crippen molar-refractivity contribution < 1.29 is 14.3 Å². The number of likely N-dealkylation sites (tertiary alicyclic amines) is 1. The van der Waals surface area contributed by atoms with Gasteiger partial charge in [-0.15, -0.1) is 0 Å². The number of Topliss-reactive ketones (excluding diaryl/α,β-unsaturated/α-hetero) is 1. The minimum Gasteiger partial charge on any atom is -0.482 e. The van der Waals surface area contributed by atoms with Crippen molar-refractivity contribution in [3.63, 3.8) is 0 Å². The zero-order valence-electron chi connectivity index (χ0n) is 10.5. The van der Waals surface area contributed by atoms with Crippen molar-refractivity contribution in [1.82, 2.24) is 4.90 Å². The van der Waals surface area contributed by atoms with E-state index >= 15 is 0 Å². The highest BCUT2D eigenvalue weighted by molar-refractivity contribution is 9.10. The molecule has 0 N–H and O–H groups in total. The normalized spacial score (nSPS) is 15.3. The molecule has 0 radical (unpaired) electrons. The Hall–Kier alpha value is -0.780. The third-order valence-corrected chi connectivity index (χ3v) is 4.49. The first-order chi connectivity index (χ1) is 9.47. The Morgan fingerprint density at radius 2 is 1.90 bits per heavy atom. The summed E-state index contributed by atoms with van der Waals surface area (Å²) in [5, 5.41) is 0.836. The molecule has 108 valence electrons. The third kappa shape index (κ3) is 3.87. The smallest absolute Gasteiger partial charge is 0.260 e. The molecule has 0 spiro atoms. The first-order valence-electron chi connectivity index (χ1n) is 6.04. The van der Waals surface area contributed by atoms with Crippen LogP contribution in [0.15, 0.2) is 16.6 Å². The Bertz CT molecular complexity index is 541. The van der Waals surface area contributed by atoms with Crippen molar-refractivity contribution in [2.45, 2.75) is 12.8 Å². The van der Waals surface area contributed by atoms with Gasteiger partial charge < -0.3 is 9.64 Å². The number of hydrogen-bond donors (Lipinski definition) is 0. The summed E-state index contributed by atoms with van der Waals surface area (Å²) in [5.41, 5.74) is 0. The maximum atomic E-state index is 11.9. The summed E-state index contributed by atoms with van der Waals surface area (Å²) in [5.74, 6) is 0.395. The molecule has 7 heteroatoms. The molecule has 0 aliphatic carbocycles. The van der Waals surface area contributed by atoms with Crippen molar-refractivity contribution in [2.75, 3.05) is 19.7 Å². The molecule has 1 saturated heterocycles. The molecule has 2 rings (SSSR count). The second-order valence-corrected chi connectivity index (χ2v) is 6.07. The molecule has 0 atom stereocenters. The molecule has 0 aromatic heterocycles. The Morgan fingerprint density at radius 3 is 2.55 bits per heavy atom. The van der Waals surface area contributed by atoms with Gasteiger partial charge in [-0.05, 0) is 22.0 Å². The van der Waals surface area contributed by atoms with Gasteiger partial charge in [0.25, 0.3) is 5.91 Å². The van der Waals surface area contributed by atoms with Gasteiger partial charge in [-0.1, -0.05) is 23.2 Å². The standard InChI is InChI=1S/C13H12BrCl2NO3/c14-9-5-11(16)12(6-10(9)15)20-7-13(19)17-3-1-8(18)2-4-17/h5-6H,1-4,7H2. The average Bonchev–Trinajstić information content (AvgIpc) is 2.42. The maximum Gasteiger partial charge on any atom is 0.260 e. The molecule has 1 amide bonds. The second-order valence-electron chi connectivity index (χ2n) is 4.40. The number of ether oxygens (including phenoxy) is 1. The summed E-state index contributed by atoms with van der Waals surface area (Å²) in [6.07, 6.45) is 0.827. The fourth-order valence-electron chi connectivity index (χ4n) is 1.85. The van der Waals surface area contributed by atoms with E-state index in [1.165, 1.54) is 0 Å². The molecule has 0 unspecified atom stereocenters. The molecule has 1 aromatic rings. The molecule has 20 heavy (non-hydrogen) atoms. The van der Waals surface area contributed by atoms with Gasteiger partial charge in [0.05, 0.1) is 10.0 Å². The van der Waals surface area contributed by atoms with Crippen molar-refractivity contribution in [3.05, 3.63) is 26.7 Å². The second kappa shape index (κ2) is 6.78. The predicted molar refractivity (Wildman–Crippen MR) is 80.5 cm³/mol. The quantitative estimate of drug-likeness (QED) is 0.755. The number of carbonyl (C=O) groups is 2. The van der Waals surface area contributed by atoms with Gasteiger partial charge in [-0.3, -0.25) is 9.59 Å². The van der Waals surface area contributed by atoms with Crippen molar-refractivity contribution in [1.29, 1.82) is 0 Å². The Morgan fingerprint density at radius 1 is 1.25 bits per heavy atom. The highest BCUT2D eigenvalue weighted by Gasteiger charge is 2.21. The lowest BCUT2D eigenvalue weighted by Gasteiger charge is -2.26. The monoisotopic (exact) mass is 379 g/mol. The molecular weight excluding hydrogens is 369 g/mol. The number of halogens is 3. The zero-order chi connectivity index (χ0) is 14.7. The van der Waals surface area contributed by atoms with Crippen LogP contribution in [0, 0.1) is 0 Å². The number of piperidine rings is 1. The lowest BCUT2D eigenvalue weighted by atomic mass is 10.1. The summed E-state index contributed by atoms with van der Waals surface area (Å²) in [6.45, 7) is 0.789. The molecule has 4 nitrogen and oxygen atoms in total. The number of hydrogen-bond acceptors (Lipinski definition) is 3. The molecule has 1 fully saturated rings. The van der Waals surface area contributed by atoms with Gasteiger partial charge >= 0.3 is 0 Å². The van der Waals surface area contributed by atoms with Crippen LogP contribution in [0.5, 0.6) is 5.75 Å². The molecule has 0 saturated carbocycles. The lowest BCUT2D eigenvalue weighted by molar-refractivity contribution is -0.136. The summed E-state index contributed by atoms with van der Waals surface area (Å²) < 4.78 is 6.07. The number of carbonyl (C=O) groups excluding carboxylic acids is 2. The highest BCUT2D eigenvalue weighted by Crippen LogP contribution is 2.34. The van der Waals surface area contributed by atoms with Gasteiger partial charge in [-0.2, -0.15) is 0 Å². The van der Waals surface area contributed by atoms with Crippen LogP contribution in [0.1, 0.15) is 12.8 Å². The van der Waals surface area contributed by atoms with Gasteiger partial charge in [0.1, 0.15) is 11.5 Å². The van der Waals surface area contributed by atoms with Crippen LogP contribution in [0.4, 0.5) is 0 Å². The number of ketones is 1. The van der Waals surface area contributed by atoms with E-state index in [0.717, 1.165) is 0 Å². The molecule has 1 aromatic carbocycles. The summed E-state index contributed by atoms with van der Waals surface area (Å²) in [6, 6.07) is 3.17. The van der Waals surface area contributed by atoms with Crippen LogP contribution in [0.3, 0.4) is 0 Å². The van der Waals surface area contributed by atoms with E-state index in [-0.39, 0.29) is 18.3 Å². The molecule has 0 bridgehead atoms. The van der Waals surface area contributed by atoms with Crippen LogP contribution < -0.4 is 4.74 Å². The summed E-state index contributed by atoms with van der Waals surface area (Å²) >= 11 is 15.2. The van der Waals surface area contributed by atoms with E-state index in [1.54, 1.807) is 17.0 Å². The van der Waals surface area contributed by atoms with Crippen LogP contribution in [-0.4, -0.2) is 36.3 Å². The van der Waals surface area contributed by atoms with E-state index in [2.05, 4.69) is 15.9 Å². The van der Waals surface area contributed by atoms with Crippen LogP contribution >= 0.6 is 39.1 Å². The summed E-state index contributed by atoms with van der Waals surface area (Å²) in [7, 11) is 0. The van der Waals surface area contributed by atoms with E-state index in [4.69, 9.17) is 27.9 Å². The van der Waals surface area contributed by atoms with Crippen molar-refractivity contribution in [3.8, 4) is 5.75 Å². The largest absolute Gasteiger partial charge is 0.482 e. The van der Waals surface area contributed by atoms with E-state index in [9.17, 15) is 9.59 Å². The van der Waals surface area contributed by atoms with E-state index < -0.39 is 0 Å². The lowest BCUT2D eigenvalue weighted by Crippen LogP contribution is -2.41. The number of amides is 1. The number of rotatable bonds is 3. The van der Waals surface area contributed by atoms with Gasteiger partial charge in [0, 0.05) is 36.5 Å². The van der Waals surface area contributed by atoms with Gasteiger partial charge in [0.15, 0.2) is 6.61 Å². The van der Waals surface area contributed by atoms with Gasteiger partial charge in [0.2, 0.25) is 0 Å². The zero-order valence-corrected chi connectivity index (χ0v) is 13.6. The van der Waals surface area contributed by atoms with E-state index in [1.807, 2.05) is 0 Å². The number of nitrogens with zero attached hydrogens (tertiary/aromatic N) is 1. The van der Waals surface area contributed by atoms with Crippen LogP contribution in [0.2, 0.25) is 10.0 Å². The Labute approximate surface area is 135 Å². The first-order valence-corrected chi connectivity index (χ1v) is 7.59. The van der Waals surface area contributed by atoms with Crippen molar-refractivity contribution >= 4 is 50.8 Å². The fourth-order valence-corrected chi connectivity index (χ4v) is 2.70. The minimum absolute atomic E-state index is 0.119. The minimum atomic E-state index is -0.160. The Kier molecular flexibility index (Phi) is 5.29. The molecular formula is C13H12BrCl2NO3.